The predicted molar refractivity (Wildman–Crippen MR) is 60.0 cm³/mol. The minimum absolute atomic E-state index is 0. The zero-order valence-electron chi connectivity index (χ0n) is 8.89. The molecule has 0 amide bonds. The maximum atomic E-state index is 11.8. The van der Waals surface area contributed by atoms with E-state index >= 15 is 0 Å². The zero-order valence-corrected chi connectivity index (χ0v) is 11.3. The third-order valence-corrected chi connectivity index (χ3v) is 3.00. The molecule has 0 saturated carbocycles. The summed E-state index contributed by atoms with van der Waals surface area (Å²) >= 11 is 1.65. The molecule has 0 radical (unpaired) electrons. The van der Waals surface area contributed by atoms with Crippen molar-refractivity contribution in [2.75, 3.05) is 0 Å². The van der Waals surface area contributed by atoms with E-state index in [2.05, 4.69) is 0 Å². The molecule has 0 unspecified atom stereocenters. The second kappa shape index (κ2) is 5.92. The van der Waals surface area contributed by atoms with Gasteiger partial charge in [0.1, 0.15) is 0 Å². The van der Waals surface area contributed by atoms with Crippen LogP contribution >= 0.6 is 11.3 Å². The number of Topliss-reactive ketones (excluding diaryl/α,β-unsaturated/α-hetero) is 1. The van der Waals surface area contributed by atoms with Gasteiger partial charge in [-0.1, -0.05) is 41.7 Å². The molecule has 16 heavy (non-hydrogen) atoms. The highest BCUT2D eigenvalue weighted by atomic mass is 79.9. The Morgan fingerprint density at radius 2 is 2.00 bits per heavy atom. The van der Waals surface area contributed by atoms with E-state index in [1.165, 1.54) is 4.88 Å². The van der Waals surface area contributed by atoms with E-state index in [4.69, 9.17) is 0 Å². The van der Waals surface area contributed by atoms with Crippen LogP contribution < -0.4 is 21.5 Å². The lowest BCUT2D eigenvalue weighted by atomic mass is 10.1. The molecule has 0 spiro atoms. The van der Waals surface area contributed by atoms with Crippen LogP contribution in [-0.4, -0.2) is 5.78 Å². The number of aromatic nitrogens is 1. The van der Waals surface area contributed by atoms with Gasteiger partial charge in [0.25, 0.3) is 0 Å². The van der Waals surface area contributed by atoms with Gasteiger partial charge in [0.2, 0.25) is 17.8 Å². The van der Waals surface area contributed by atoms with Crippen LogP contribution in [0, 0.1) is 6.92 Å². The van der Waals surface area contributed by atoms with E-state index in [1.54, 1.807) is 11.3 Å². The van der Waals surface area contributed by atoms with Gasteiger partial charge in [-0.3, -0.25) is 4.79 Å². The zero-order chi connectivity index (χ0) is 10.7. The summed E-state index contributed by atoms with van der Waals surface area (Å²) in [6.45, 7) is 2.46. The van der Waals surface area contributed by atoms with Gasteiger partial charge in [0, 0.05) is 5.56 Å². The number of nitrogens with zero attached hydrogens (tertiary/aromatic N) is 1. The summed E-state index contributed by atoms with van der Waals surface area (Å²) < 4.78 is 1.93. The van der Waals surface area contributed by atoms with Crippen molar-refractivity contribution in [3.05, 3.63) is 52.5 Å². The molecule has 4 heteroatoms. The first kappa shape index (κ1) is 13.1. The van der Waals surface area contributed by atoms with Crippen LogP contribution in [0.5, 0.6) is 0 Å². The van der Waals surface area contributed by atoms with Crippen molar-refractivity contribution in [2.24, 2.45) is 0 Å². The number of ketones is 1. The third-order valence-electron chi connectivity index (χ3n) is 2.14. The van der Waals surface area contributed by atoms with Crippen molar-refractivity contribution < 1.29 is 26.3 Å². The number of hydrogen-bond acceptors (Lipinski definition) is 2. The molecule has 0 N–H and O–H groups in total. The number of rotatable bonds is 3. The molecule has 2 aromatic rings. The van der Waals surface area contributed by atoms with Gasteiger partial charge < -0.3 is 17.0 Å². The largest absolute Gasteiger partial charge is 1.00 e. The van der Waals surface area contributed by atoms with Crippen LogP contribution in [0.3, 0.4) is 0 Å². The minimum atomic E-state index is 0. The number of hydrogen-bond donors (Lipinski definition) is 0. The average Bonchev–Trinajstić information content (AvgIpc) is 2.65. The summed E-state index contributed by atoms with van der Waals surface area (Å²) in [5.41, 5.74) is 2.74. The van der Waals surface area contributed by atoms with Gasteiger partial charge in [-0.2, -0.15) is 4.57 Å². The lowest BCUT2D eigenvalue weighted by molar-refractivity contribution is -0.678. The summed E-state index contributed by atoms with van der Waals surface area (Å²) in [5, 5.41) is 0. The fraction of sp³-hybridized carbons (Fsp3) is 0.167. The molecule has 0 fully saturated rings. The van der Waals surface area contributed by atoms with E-state index in [-0.39, 0.29) is 22.8 Å². The number of halogens is 1. The Bertz CT molecular complexity index is 467. The Balaban J connectivity index is 0.00000128. The van der Waals surface area contributed by atoms with Gasteiger partial charge in [0.15, 0.2) is 6.20 Å². The van der Waals surface area contributed by atoms with Crippen LogP contribution in [0.1, 0.15) is 15.2 Å². The molecule has 2 rings (SSSR count). The second-order valence-corrected chi connectivity index (χ2v) is 4.52. The first-order valence-corrected chi connectivity index (χ1v) is 5.66. The summed E-state index contributed by atoms with van der Waals surface area (Å²) in [4.78, 5) is 13.0. The number of benzene rings is 1. The minimum Gasteiger partial charge on any atom is -1.00 e. The molecular weight excluding hydrogens is 286 g/mol. The molecule has 0 atom stereocenters. The maximum absolute atomic E-state index is 11.8. The predicted octanol–water partition coefficient (Wildman–Crippen LogP) is -0.769. The summed E-state index contributed by atoms with van der Waals surface area (Å²) in [5.74, 6) is 0.151. The number of thiazole rings is 1. The Kier molecular flexibility index (Phi) is 4.83. The molecule has 0 aliphatic rings. The smallest absolute Gasteiger partial charge is 0.227 e. The maximum Gasteiger partial charge on any atom is 0.227 e. The van der Waals surface area contributed by atoms with Crippen molar-refractivity contribution >= 4 is 17.1 Å². The number of carbonyl (C=O) groups excluding carboxylic acids is 1. The van der Waals surface area contributed by atoms with E-state index < -0.39 is 0 Å². The fourth-order valence-electron chi connectivity index (χ4n) is 1.41. The van der Waals surface area contributed by atoms with Crippen LogP contribution in [0.4, 0.5) is 0 Å². The lowest BCUT2D eigenvalue weighted by Gasteiger charge is -1.94. The van der Waals surface area contributed by atoms with Crippen molar-refractivity contribution in [2.45, 2.75) is 13.5 Å². The lowest BCUT2D eigenvalue weighted by Crippen LogP contribution is -3.00. The monoisotopic (exact) mass is 297 g/mol. The SMILES string of the molecule is Cc1c[n+](CC(=O)c2ccccc2)cs1.[Br-]. The molecular formula is C12H12BrNOS. The fourth-order valence-corrected chi connectivity index (χ4v) is 2.04. The number of aryl methyl sites for hydroxylation is 1. The average molecular weight is 298 g/mol. The van der Waals surface area contributed by atoms with E-state index in [0.717, 1.165) is 5.56 Å². The van der Waals surface area contributed by atoms with Crippen molar-refractivity contribution in [1.29, 1.82) is 0 Å². The van der Waals surface area contributed by atoms with Crippen LogP contribution in [0.15, 0.2) is 42.0 Å². The third kappa shape index (κ3) is 3.25. The molecule has 84 valence electrons. The molecule has 1 heterocycles. The van der Waals surface area contributed by atoms with E-state index in [9.17, 15) is 4.79 Å². The van der Waals surface area contributed by atoms with E-state index in [1.807, 2.05) is 53.5 Å². The molecule has 0 saturated heterocycles. The van der Waals surface area contributed by atoms with Crippen LogP contribution in [0.2, 0.25) is 0 Å². The first-order chi connectivity index (χ1) is 7.25. The molecule has 1 aromatic carbocycles. The second-order valence-electron chi connectivity index (χ2n) is 3.42. The molecule has 0 aliphatic carbocycles. The standard InChI is InChI=1S/C12H12NOS.BrH/c1-10-7-13(9-15-10)8-12(14)11-5-3-2-4-6-11;/h2-7,9H,8H2,1H3;1H/q+1;/p-1. The summed E-state index contributed by atoms with van der Waals surface area (Å²) in [7, 11) is 0. The van der Waals surface area contributed by atoms with Gasteiger partial charge in [0.05, 0.1) is 4.88 Å². The van der Waals surface area contributed by atoms with Gasteiger partial charge in [-0.05, 0) is 6.92 Å². The van der Waals surface area contributed by atoms with Gasteiger partial charge in [-0.15, -0.1) is 0 Å². The number of carbonyl (C=O) groups is 1. The van der Waals surface area contributed by atoms with Crippen molar-refractivity contribution in [3.63, 3.8) is 0 Å². The molecule has 0 bridgehead atoms. The highest BCUT2D eigenvalue weighted by Crippen LogP contribution is 2.03. The quantitative estimate of drug-likeness (QED) is 0.538. The molecule has 1 aromatic heterocycles. The highest BCUT2D eigenvalue weighted by Gasteiger charge is 2.12. The first-order valence-electron chi connectivity index (χ1n) is 4.78. The Labute approximate surface area is 109 Å². The van der Waals surface area contributed by atoms with Crippen LogP contribution in [0.25, 0.3) is 0 Å². The molecule has 0 aliphatic heterocycles. The Morgan fingerprint density at radius 1 is 1.31 bits per heavy atom. The summed E-state index contributed by atoms with van der Waals surface area (Å²) in [6, 6.07) is 9.39. The Morgan fingerprint density at radius 3 is 2.56 bits per heavy atom. The highest BCUT2D eigenvalue weighted by molar-refractivity contribution is 7.09. The topological polar surface area (TPSA) is 20.9 Å². The van der Waals surface area contributed by atoms with Gasteiger partial charge >= 0.3 is 0 Å². The normalized spacial score (nSPS) is 9.56. The van der Waals surface area contributed by atoms with E-state index in [0.29, 0.717) is 6.54 Å². The van der Waals surface area contributed by atoms with Crippen molar-refractivity contribution in [3.8, 4) is 0 Å². The van der Waals surface area contributed by atoms with Crippen molar-refractivity contribution in [1.82, 2.24) is 0 Å². The summed E-state index contributed by atoms with van der Waals surface area (Å²) in [6.07, 6.45) is 1.99. The van der Waals surface area contributed by atoms with Gasteiger partial charge in [-0.25, -0.2) is 0 Å². The molecule has 2 nitrogen and oxygen atoms in total. The Hall–Kier alpha value is -1.000. The van der Waals surface area contributed by atoms with Crippen LogP contribution in [-0.2, 0) is 6.54 Å².